The zero-order valence-corrected chi connectivity index (χ0v) is 13.7. The number of nitrogens with one attached hydrogen (secondary N) is 1. The third kappa shape index (κ3) is 2.81. The molecule has 23 heavy (non-hydrogen) atoms. The molecule has 6 nitrogen and oxygen atoms in total. The van der Waals surface area contributed by atoms with E-state index in [0.717, 1.165) is 19.3 Å². The Hall–Kier alpha value is -1.66. The first kappa shape index (κ1) is 16.2. The first-order valence-electron chi connectivity index (χ1n) is 8.25. The summed E-state index contributed by atoms with van der Waals surface area (Å²) < 4.78 is 12.7. The molecule has 1 saturated carbocycles. The summed E-state index contributed by atoms with van der Waals surface area (Å²) in [5.74, 6) is -0.198. The smallest absolute Gasteiger partial charge is 0.268 e. The van der Waals surface area contributed by atoms with E-state index in [9.17, 15) is 9.59 Å². The molecule has 1 amide bonds. The van der Waals surface area contributed by atoms with Gasteiger partial charge in [-0.15, -0.1) is 0 Å². The molecule has 0 bridgehead atoms. The van der Waals surface area contributed by atoms with Gasteiger partial charge in [0.2, 0.25) is 0 Å². The summed E-state index contributed by atoms with van der Waals surface area (Å²) >= 11 is 0. The van der Waals surface area contributed by atoms with Crippen molar-refractivity contribution in [1.29, 1.82) is 0 Å². The van der Waals surface area contributed by atoms with E-state index in [0.29, 0.717) is 25.5 Å². The van der Waals surface area contributed by atoms with Gasteiger partial charge in [-0.05, 0) is 32.3 Å². The van der Waals surface area contributed by atoms with Crippen LogP contribution in [0.3, 0.4) is 0 Å². The van der Waals surface area contributed by atoms with Crippen molar-refractivity contribution >= 4 is 5.91 Å². The standard InChI is InChI=1S/C17H24N2O4/c1-3-23-14-11-13(17(14)7-9-22-10-8-17)18-16(21)12-5-4-6-15(20)19(12)2/h4-6,13-14H,3,7-11H2,1-2H3,(H,18,21)/t13-,14-/m1/s1. The number of rotatable bonds is 4. The lowest BCUT2D eigenvalue weighted by Crippen LogP contribution is -2.66. The number of carbonyl (C=O) groups is 1. The van der Waals surface area contributed by atoms with Crippen molar-refractivity contribution in [2.75, 3.05) is 19.8 Å². The molecule has 0 unspecified atom stereocenters. The van der Waals surface area contributed by atoms with Crippen LogP contribution in [0.4, 0.5) is 0 Å². The second-order valence-corrected chi connectivity index (χ2v) is 6.36. The van der Waals surface area contributed by atoms with E-state index in [-0.39, 0.29) is 29.0 Å². The molecule has 1 spiro atoms. The fraction of sp³-hybridized carbons (Fsp3) is 0.647. The van der Waals surface area contributed by atoms with Crippen molar-refractivity contribution in [3.63, 3.8) is 0 Å². The SMILES string of the molecule is CCO[C@@H]1C[C@@H](NC(=O)c2cccc(=O)n2C)C12CCOCC2. The minimum atomic E-state index is -0.198. The number of aromatic nitrogens is 1. The monoisotopic (exact) mass is 320 g/mol. The van der Waals surface area contributed by atoms with E-state index >= 15 is 0 Å². The van der Waals surface area contributed by atoms with Crippen molar-refractivity contribution in [1.82, 2.24) is 9.88 Å². The number of carbonyl (C=O) groups excluding carboxylic acids is 1. The predicted molar refractivity (Wildman–Crippen MR) is 85.5 cm³/mol. The zero-order chi connectivity index (χ0) is 16.4. The second kappa shape index (κ2) is 6.45. The van der Waals surface area contributed by atoms with Crippen LogP contribution in [-0.4, -0.2) is 42.4 Å². The minimum Gasteiger partial charge on any atom is -0.381 e. The number of ether oxygens (including phenoxy) is 2. The molecule has 0 radical (unpaired) electrons. The molecular formula is C17H24N2O4. The van der Waals surface area contributed by atoms with Crippen LogP contribution in [0.25, 0.3) is 0 Å². The molecule has 1 aromatic heterocycles. The Morgan fingerprint density at radius 1 is 1.43 bits per heavy atom. The van der Waals surface area contributed by atoms with Gasteiger partial charge in [0.1, 0.15) is 5.69 Å². The summed E-state index contributed by atoms with van der Waals surface area (Å²) in [6, 6.07) is 4.81. The van der Waals surface area contributed by atoms with Crippen molar-refractivity contribution in [3.05, 3.63) is 34.2 Å². The van der Waals surface area contributed by atoms with Crippen LogP contribution >= 0.6 is 0 Å². The quantitative estimate of drug-likeness (QED) is 0.901. The Labute approximate surface area is 135 Å². The maximum absolute atomic E-state index is 12.6. The molecule has 2 heterocycles. The highest BCUT2D eigenvalue weighted by atomic mass is 16.5. The van der Waals surface area contributed by atoms with Gasteiger partial charge < -0.3 is 19.4 Å². The van der Waals surface area contributed by atoms with Crippen LogP contribution in [0.1, 0.15) is 36.7 Å². The Morgan fingerprint density at radius 2 is 2.17 bits per heavy atom. The molecule has 0 aromatic carbocycles. The fourth-order valence-corrected chi connectivity index (χ4v) is 3.83. The zero-order valence-electron chi connectivity index (χ0n) is 13.7. The van der Waals surface area contributed by atoms with Crippen LogP contribution in [0.15, 0.2) is 23.0 Å². The van der Waals surface area contributed by atoms with Gasteiger partial charge in [-0.3, -0.25) is 9.59 Å². The van der Waals surface area contributed by atoms with Gasteiger partial charge >= 0.3 is 0 Å². The molecule has 3 rings (SSSR count). The predicted octanol–water partition coefficient (Wildman–Crippen LogP) is 1.09. The first-order chi connectivity index (χ1) is 11.1. The molecule has 1 aliphatic carbocycles. The van der Waals surface area contributed by atoms with E-state index < -0.39 is 0 Å². The lowest BCUT2D eigenvalue weighted by atomic mass is 9.57. The maximum Gasteiger partial charge on any atom is 0.268 e. The lowest BCUT2D eigenvalue weighted by molar-refractivity contribution is -0.170. The summed E-state index contributed by atoms with van der Waals surface area (Å²) in [6.07, 6.45) is 2.80. The van der Waals surface area contributed by atoms with Gasteiger partial charge in [0.05, 0.1) is 6.10 Å². The number of hydrogen-bond acceptors (Lipinski definition) is 4. The van der Waals surface area contributed by atoms with Crippen molar-refractivity contribution in [2.24, 2.45) is 12.5 Å². The van der Waals surface area contributed by atoms with Gasteiger partial charge in [-0.1, -0.05) is 6.07 Å². The summed E-state index contributed by atoms with van der Waals surface area (Å²) in [6.45, 7) is 4.10. The van der Waals surface area contributed by atoms with Crippen LogP contribution in [-0.2, 0) is 16.5 Å². The molecule has 126 valence electrons. The van der Waals surface area contributed by atoms with E-state index in [1.165, 1.54) is 10.6 Å². The van der Waals surface area contributed by atoms with E-state index in [1.807, 2.05) is 6.92 Å². The minimum absolute atomic E-state index is 0.0302. The second-order valence-electron chi connectivity index (χ2n) is 6.36. The Balaban J connectivity index is 1.75. The highest BCUT2D eigenvalue weighted by Crippen LogP contribution is 2.50. The lowest BCUT2D eigenvalue weighted by Gasteiger charge is -2.57. The number of amides is 1. The van der Waals surface area contributed by atoms with E-state index in [2.05, 4.69) is 5.32 Å². The molecule has 1 saturated heterocycles. The summed E-state index contributed by atoms with van der Waals surface area (Å²) in [5.41, 5.74) is 0.177. The Kier molecular flexibility index (Phi) is 4.55. The largest absolute Gasteiger partial charge is 0.381 e. The molecule has 1 N–H and O–H groups in total. The van der Waals surface area contributed by atoms with Gasteiger partial charge in [-0.2, -0.15) is 0 Å². The molecule has 2 aliphatic rings. The molecule has 2 fully saturated rings. The molecule has 1 aliphatic heterocycles. The summed E-state index contributed by atoms with van der Waals surface area (Å²) in [7, 11) is 1.62. The molecule has 1 aromatic rings. The highest BCUT2D eigenvalue weighted by Gasteiger charge is 2.56. The third-order valence-electron chi connectivity index (χ3n) is 5.30. The summed E-state index contributed by atoms with van der Waals surface area (Å²) in [5, 5.41) is 3.12. The van der Waals surface area contributed by atoms with Crippen LogP contribution in [0.5, 0.6) is 0 Å². The topological polar surface area (TPSA) is 69.6 Å². The van der Waals surface area contributed by atoms with Crippen molar-refractivity contribution in [3.8, 4) is 0 Å². The van der Waals surface area contributed by atoms with Gasteiger partial charge in [0.15, 0.2) is 0 Å². The third-order valence-corrected chi connectivity index (χ3v) is 5.30. The number of nitrogens with zero attached hydrogens (tertiary/aromatic N) is 1. The first-order valence-corrected chi connectivity index (χ1v) is 8.25. The average molecular weight is 320 g/mol. The molecule has 6 heteroatoms. The van der Waals surface area contributed by atoms with Crippen LogP contribution < -0.4 is 10.9 Å². The van der Waals surface area contributed by atoms with Crippen molar-refractivity contribution < 1.29 is 14.3 Å². The number of pyridine rings is 1. The van der Waals surface area contributed by atoms with Gasteiger partial charge in [0, 0.05) is 44.4 Å². The number of hydrogen-bond donors (Lipinski definition) is 1. The van der Waals surface area contributed by atoms with E-state index in [1.54, 1.807) is 19.2 Å². The normalized spacial score (nSPS) is 25.8. The average Bonchev–Trinajstić information content (AvgIpc) is 2.57. The van der Waals surface area contributed by atoms with Crippen LogP contribution in [0.2, 0.25) is 0 Å². The van der Waals surface area contributed by atoms with Gasteiger partial charge in [0.25, 0.3) is 11.5 Å². The Bertz CT molecular complexity index is 634. The maximum atomic E-state index is 12.6. The Morgan fingerprint density at radius 3 is 2.87 bits per heavy atom. The van der Waals surface area contributed by atoms with E-state index in [4.69, 9.17) is 9.47 Å². The van der Waals surface area contributed by atoms with Gasteiger partial charge in [-0.25, -0.2) is 0 Å². The fourth-order valence-electron chi connectivity index (χ4n) is 3.83. The van der Waals surface area contributed by atoms with Crippen LogP contribution in [0, 0.1) is 5.41 Å². The molecule has 2 atom stereocenters. The molecular weight excluding hydrogens is 296 g/mol. The highest BCUT2D eigenvalue weighted by molar-refractivity contribution is 5.92. The van der Waals surface area contributed by atoms with Crippen molar-refractivity contribution in [2.45, 2.75) is 38.3 Å². The summed E-state index contributed by atoms with van der Waals surface area (Å²) in [4.78, 5) is 24.3.